The average Bonchev–Trinajstić information content (AvgIpc) is 2.72. The Morgan fingerprint density at radius 3 is 3.07 bits per heavy atom. The smallest absolute Gasteiger partial charge is 0.0532 e. The second-order valence-electron chi connectivity index (χ2n) is 3.79. The van der Waals surface area contributed by atoms with Crippen molar-refractivity contribution in [3.05, 3.63) is 18.0 Å². The molecule has 0 spiro atoms. The highest BCUT2D eigenvalue weighted by Gasteiger charge is 2.12. The Kier molecular flexibility index (Phi) is 3.54. The summed E-state index contributed by atoms with van der Waals surface area (Å²) in [5.41, 5.74) is 1.22. The number of H-pyrrole nitrogens is 1. The molecule has 1 aliphatic heterocycles. The Bertz CT molecular complexity index is 242. The van der Waals surface area contributed by atoms with Crippen LogP contribution in [0.25, 0.3) is 0 Å². The van der Waals surface area contributed by atoms with E-state index in [4.69, 9.17) is 4.74 Å². The van der Waals surface area contributed by atoms with E-state index < -0.39 is 0 Å². The van der Waals surface area contributed by atoms with Crippen LogP contribution in [0, 0.1) is 5.92 Å². The molecule has 0 radical (unpaired) electrons. The Hall–Kier alpha value is -0.870. The van der Waals surface area contributed by atoms with Gasteiger partial charge in [-0.2, -0.15) is 5.10 Å². The fourth-order valence-corrected chi connectivity index (χ4v) is 1.75. The lowest BCUT2D eigenvalue weighted by atomic mass is 10.0. The maximum absolute atomic E-state index is 5.31. The monoisotopic (exact) mass is 195 g/mol. The van der Waals surface area contributed by atoms with Gasteiger partial charge in [0.15, 0.2) is 0 Å². The first kappa shape index (κ1) is 9.68. The molecule has 1 aromatic heterocycles. The van der Waals surface area contributed by atoms with Crippen molar-refractivity contribution in [2.24, 2.45) is 5.92 Å². The standard InChI is InChI=1S/C10H17N3O/c1-3-14-4-2-9(1)5-11-6-10-7-12-13-8-10/h7-9,11H,1-6H2,(H,12,13). The fraction of sp³-hybridized carbons (Fsp3) is 0.700. The van der Waals surface area contributed by atoms with E-state index in [0.29, 0.717) is 0 Å². The lowest BCUT2D eigenvalue weighted by molar-refractivity contribution is 0.0662. The van der Waals surface area contributed by atoms with Crippen LogP contribution in [0.5, 0.6) is 0 Å². The molecular weight excluding hydrogens is 178 g/mol. The summed E-state index contributed by atoms with van der Waals surface area (Å²) < 4.78 is 5.31. The van der Waals surface area contributed by atoms with Crippen LogP contribution < -0.4 is 5.32 Å². The van der Waals surface area contributed by atoms with Gasteiger partial charge in [-0.25, -0.2) is 0 Å². The van der Waals surface area contributed by atoms with Crippen LogP contribution in [0.4, 0.5) is 0 Å². The summed E-state index contributed by atoms with van der Waals surface area (Å²) >= 11 is 0. The first-order valence-corrected chi connectivity index (χ1v) is 5.21. The van der Waals surface area contributed by atoms with Crippen molar-refractivity contribution in [1.29, 1.82) is 0 Å². The van der Waals surface area contributed by atoms with Gasteiger partial charge in [-0.05, 0) is 25.3 Å². The molecule has 0 saturated carbocycles. The van der Waals surface area contributed by atoms with Crippen molar-refractivity contribution in [3.8, 4) is 0 Å². The van der Waals surface area contributed by atoms with E-state index in [2.05, 4.69) is 15.5 Å². The molecule has 1 saturated heterocycles. The summed E-state index contributed by atoms with van der Waals surface area (Å²) in [5.74, 6) is 0.788. The molecule has 1 fully saturated rings. The summed E-state index contributed by atoms with van der Waals surface area (Å²) in [4.78, 5) is 0. The van der Waals surface area contributed by atoms with E-state index in [1.165, 1.54) is 18.4 Å². The van der Waals surface area contributed by atoms with Gasteiger partial charge in [0.05, 0.1) is 6.20 Å². The van der Waals surface area contributed by atoms with E-state index in [1.807, 2.05) is 12.4 Å². The molecule has 0 aliphatic carbocycles. The number of aromatic nitrogens is 2. The van der Waals surface area contributed by atoms with Gasteiger partial charge >= 0.3 is 0 Å². The van der Waals surface area contributed by atoms with Gasteiger partial charge in [0.1, 0.15) is 0 Å². The summed E-state index contributed by atoms with van der Waals surface area (Å²) in [7, 11) is 0. The number of hydrogen-bond donors (Lipinski definition) is 2. The predicted molar refractivity (Wildman–Crippen MR) is 53.8 cm³/mol. The SMILES string of the molecule is c1n[nH]cc1CNCC1CCOCC1. The third-order valence-corrected chi connectivity index (χ3v) is 2.66. The number of aromatic amines is 1. The van der Waals surface area contributed by atoms with Crippen molar-refractivity contribution in [2.75, 3.05) is 19.8 Å². The van der Waals surface area contributed by atoms with Crippen LogP contribution in [0.2, 0.25) is 0 Å². The highest BCUT2D eigenvalue weighted by Crippen LogP contribution is 2.13. The van der Waals surface area contributed by atoms with Gasteiger partial charge in [-0.3, -0.25) is 5.10 Å². The van der Waals surface area contributed by atoms with Gasteiger partial charge in [-0.1, -0.05) is 0 Å². The van der Waals surface area contributed by atoms with Crippen molar-refractivity contribution >= 4 is 0 Å². The van der Waals surface area contributed by atoms with Crippen LogP contribution in [-0.2, 0) is 11.3 Å². The molecule has 4 nitrogen and oxygen atoms in total. The van der Waals surface area contributed by atoms with E-state index in [1.54, 1.807) is 0 Å². The van der Waals surface area contributed by atoms with E-state index in [0.717, 1.165) is 32.2 Å². The van der Waals surface area contributed by atoms with Crippen LogP contribution in [-0.4, -0.2) is 30.0 Å². The normalized spacial score (nSPS) is 18.6. The third-order valence-electron chi connectivity index (χ3n) is 2.66. The first-order chi connectivity index (χ1) is 6.95. The average molecular weight is 195 g/mol. The Morgan fingerprint density at radius 2 is 2.36 bits per heavy atom. The molecule has 2 rings (SSSR count). The van der Waals surface area contributed by atoms with Crippen LogP contribution in [0.3, 0.4) is 0 Å². The van der Waals surface area contributed by atoms with Gasteiger partial charge < -0.3 is 10.1 Å². The number of nitrogens with one attached hydrogen (secondary N) is 2. The number of ether oxygens (including phenoxy) is 1. The summed E-state index contributed by atoms with van der Waals surface area (Å²) in [6, 6.07) is 0. The van der Waals surface area contributed by atoms with Crippen molar-refractivity contribution < 1.29 is 4.74 Å². The molecule has 0 atom stereocenters. The molecule has 1 aliphatic rings. The zero-order valence-corrected chi connectivity index (χ0v) is 8.33. The minimum absolute atomic E-state index is 0.788. The van der Waals surface area contributed by atoms with Crippen LogP contribution in [0.15, 0.2) is 12.4 Å². The molecule has 1 aromatic rings. The predicted octanol–water partition coefficient (Wildman–Crippen LogP) is 0.926. The van der Waals surface area contributed by atoms with Crippen LogP contribution >= 0.6 is 0 Å². The number of nitrogens with zero attached hydrogens (tertiary/aromatic N) is 1. The molecule has 14 heavy (non-hydrogen) atoms. The zero-order chi connectivity index (χ0) is 9.64. The molecule has 4 heteroatoms. The lowest BCUT2D eigenvalue weighted by Gasteiger charge is -2.22. The summed E-state index contributed by atoms with van der Waals surface area (Å²) in [6.45, 7) is 3.86. The molecule has 78 valence electrons. The topological polar surface area (TPSA) is 49.9 Å². The minimum Gasteiger partial charge on any atom is -0.381 e. The van der Waals surface area contributed by atoms with E-state index in [9.17, 15) is 0 Å². The second kappa shape index (κ2) is 5.12. The lowest BCUT2D eigenvalue weighted by Crippen LogP contribution is -2.27. The largest absolute Gasteiger partial charge is 0.381 e. The molecule has 0 aromatic carbocycles. The summed E-state index contributed by atoms with van der Waals surface area (Å²) in [6.07, 6.45) is 6.17. The van der Waals surface area contributed by atoms with Gasteiger partial charge in [0.2, 0.25) is 0 Å². The van der Waals surface area contributed by atoms with Gasteiger partial charge in [-0.15, -0.1) is 0 Å². The highest BCUT2D eigenvalue weighted by atomic mass is 16.5. The Balaban J connectivity index is 1.62. The molecule has 2 heterocycles. The first-order valence-electron chi connectivity index (χ1n) is 5.21. The Morgan fingerprint density at radius 1 is 1.50 bits per heavy atom. The molecule has 2 N–H and O–H groups in total. The third kappa shape index (κ3) is 2.82. The van der Waals surface area contributed by atoms with Crippen molar-refractivity contribution in [3.63, 3.8) is 0 Å². The van der Waals surface area contributed by atoms with Gasteiger partial charge in [0.25, 0.3) is 0 Å². The highest BCUT2D eigenvalue weighted by molar-refractivity contribution is 5.01. The van der Waals surface area contributed by atoms with Gasteiger partial charge in [0, 0.05) is 31.5 Å². The maximum atomic E-state index is 5.31. The number of hydrogen-bond acceptors (Lipinski definition) is 3. The quantitative estimate of drug-likeness (QED) is 0.751. The second-order valence-corrected chi connectivity index (χ2v) is 3.79. The molecular formula is C10H17N3O. The van der Waals surface area contributed by atoms with Crippen molar-refractivity contribution in [1.82, 2.24) is 15.5 Å². The fourth-order valence-electron chi connectivity index (χ4n) is 1.75. The zero-order valence-electron chi connectivity index (χ0n) is 8.33. The molecule has 0 amide bonds. The maximum Gasteiger partial charge on any atom is 0.0532 e. The molecule has 0 bridgehead atoms. The Labute approximate surface area is 84.0 Å². The number of rotatable bonds is 4. The van der Waals surface area contributed by atoms with E-state index in [-0.39, 0.29) is 0 Å². The van der Waals surface area contributed by atoms with Crippen molar-refractivity contribution in [2.45, 2.75) is 19.4 Å². The van der Waals surface area contributed by atoms with Crippen LogP contribution in [0.1, 0.15) is 18.4 Å². The molecule has 0 unspecified atom stereocenters. The summed E-state index contributed by atoms with van der Waals surface area (Å²) in [5, 5.41) is 10.2. The minimum atomic E-state index is 0.788. The van der Waals surface area contributed by atoms with E-state index >= 15 is 0 Å².